The lowest BCUT2D eigenvalue weighted by Crippen LogP contribution is -2.05. The highest BCUT2D eigenvalue weighted by atomic mass is 19.2. The Morgan fingerprint density at radius 1 is 0.436 bits per heavy atom. The van der Waals surface area contributed by atoms with E-state index in [1.54, 1.807) is 24.3 Å². The molecule has 8 bridgehead atoms. The molecule has 0 radical (unpaired) electrons. The molecule has 5 heterocycles. The van der Waals surface area contributed by atoms with Crippen LogP contribution in [0.2, 0.25) is 0 Å². The molecule has 5 nitrogen and oxygen atoms in total. The van der Waals surface area contributed by atoms with Crippen molar-refractivity contribution < 1.29 is 48.6 Å². The van der Waals surface area contributed by atoms with E-state index in [1.165, 1.54) is 48.6 Å². The maximum Gasteiger partial charge on any atom is 0.200 e. The Kier molecular flexibility index (Phi) is 8.40. The van der Waals surface area contributed by atoms with Gasteiger partial charge in [-0.1, -0.05) is 18.1 Å². The Morgan fingerprint density at radius 3 is 1.27 bits per heavy atom. The van der Waals surface area contributed by atoms with Gasteiger partial charge in [-0.05, 0) is 66.2 Å². The first-order valence-electron chi connectivity index (χ1n) is 15.9. The number of nitrogens with one attached hydrogen (secondary N) is 3. The summed E-state index contributed by atoms with van der Waals surface area (Å²) in [5.41, 5.74) is -3.18. The van der Waals surface area contributed by atoms with Gasteiger partial charge in [0.25, 0.3) is 0 Å². The molecule has 15 heteroatoms. The third-order valence-electron chi connectivity index (χ3n) is 8.96. The predicted octanol–water partition coefficient (Wildman–Crippen LogP) is 11.1. The SMILES string of the molecule is C#CCOc1ccc(-c2c3nc(c(-c4c(F)c(F)c(F)c(F)c4F)c4ccc([nH]4)c4ccc([nH]4)c(-c4c(F)c(F)c(F)c(F)c4F)c4ccc2[nH]4)C=C3)cc1. The van der Waals surface area contributed by atoms with Gasteiger partial charge in [-0.15, -0.1) is 6.42 Å². The number of H-pyrrole nitrogens is 3. The van der Waals surface area contributed by atoms with Crippen LogP contribution in [0.4, 0.5) is 43.9 Å². The monoisotopic (exact) mass is 760 g/mol. The molecular formula is C40H18F10N4O. The molecule has 0 spiro atoms. The smallest absolute Gasteiger partial charge is 0.200 e. The summed E-state index contributed by atoms with van der Waals surface area (Å²) in [6, 6.07) is 14.3. The molecule has 274 valence electrons. The molecule has 0 saturated heterocycles. The zero-order chi connectivity index (χ0) is 38.9. The number of fused-ring (bicyclic) bond motifs is 9. The van der Waals surface area contributed by atoms with E-state index in [4.69, 9.17) is 11.2 Å². The second kappa shape index (κ2) is 13.2. The number of nitrogens with zero attached hydrogens (tertiary/aromatic N) is 1. The highest BCUT2D eigenvalue weighted by Crippen LogP contribution is 2.41. The van der Waals surface area contributed by atoms with Gasteiger partial charge in [-0.3, -0.25) is 0 Å². The van der Waals surface area contributed by atoms with Gasteiger partial charge in [0.05, 0.1) is 33.5 Å². The van der Waals surface area contributed by atoms with Crippen LogP contribution in [0.3, 0.4) is 0 Å². The molecule has 0 fully saturated rings. The van der Waals surface area contributed by atoms with Gasteiger partial charge < -0.3 is 19.7 Å². The molecule has 3 N–H and O–H groups in total. The summed E-state index contributed by atoms with van der Waals surface area (Å²) in [6.45, 7) is -0.0583. The van der Waals surface area contributed by atoms with Crippen molar-refractivity contribution >= 4 is 45.3 Å². The van der Waals surface area contributed by atoms with Crippen LogP contribution >= 0.6 is 0 Å². The summed E-state index contributed by atoms with van der Waals surface area (Å²) in [5, 5.41) is 0. The lowest BCUT2D eigenvalue weighted by atomic mass is 10.0. The van der Waals surface area contributed by atoms with Crippen LogP contribution in [0.25, 0.3) is 78.6 Å². The van der Waals surface area contributed by atoms with E-state index in [-0.39, 0.29) is 56.7 Å². The van der Waals surface area contributed by atoms with Gasteiger partial charge in [-0.25, -0.2) is 48.9 Å². The average Bonchev–Trinajstić information content (AvgIpc) is 4.03. The Morgan fingerprint density at radius 2 is 0.800 bits per heavy atom. The van der Waals surface area contributed by atoms with Gasteiger partial charge in [0.15, 0.2) is 46.5 Å². The van der Waals surface area contributed by atoms with Crippen LogP contribution in [-0.4, -0.2) is 26.5 Å². The molecule has 1 aliphatic heterocycles. The fraction of sp³-hybridized carbons (Fsp3) is 0.0250. The molecule has 1 aliphatic rings. The van der Waals surface area contributed by atoms with Gasteiger partial charge in [-0.2, -0.15) is 0 Å². The van der Waals surface area contributed by atoms with E-state index in [9.17, 15) is 26.3 Å². The summed E-state index contributed by atoms with van der Waals surface area (Å²) in [7, 11) is 0. The van der Waals surface area contributed by atoms with Crippen LogP contribution < -0.4 is 4.74 Å². The van der Waals surface area contributed by atoms with Crippen molar-refractivity contribution in [2.24, 2.45) is 0 Å². The number of hydrogen-bond acceptors (Lipinski definition) is 2. The summed E-state index contributed by atoms with van der Waals surface area (Å²) in [5.74, 6) is -19.3. The van der Waals surface area contributed by atoms with Crippen molar-refractivity contribution in [3.63, 3.8) is 0 Å². The van der Waals surface area contributed by atoms with Gasteiger partial charge in [0, 0.05) is 38.8 Å². The first-order valence-corrected chi connectivity index (χ1v) is 15.9. The van der Waals surface area contributed by atoms with E-state index in [2.05, 4.69) is 25.9 Å². The molecule has 0 amide bonds. The molecule has 4 aromatic heterocycles. The topological polar surface area (TPSA) is 69.5 Å². The zero-order valence-electron chi connectivity index (χ0n) is 27.3. The van der Waals surface area contributed by atoms with Crippen molar-refractivity contribution in [2.75, 3.05) is 6.61 Å². The number of ether oxygens (including phenoxy) is 1. The molecular weight excluding hydrogens is 742 g/mol. The largest absolute Gasteiger partial charge is 0.481 e. The van der Waals surface area contributed by atoms with Gasteiger partial charge in [0.1, 0.15) is 12.4 Å². The van der Waals surface area contributed by atoms with Crippen molar-refractivity contribution in [3.05, 3.63) is 130 Å². The third kappa shape index (κ3) is 5.56. The highest BCUT2D eigenvalue weighted by molar-refractivity contribution is 6.00. The number of benzene rings is 3. The summed E-state index contributed by atoms with van der Waals surface area (Å²) in [6.07, 6.45) is 7.96. The van der Waals surface area contributed by atoms with E-state index in [0.29, 0.717) is 11.3 Å². The number of hydrogen-bond donors (Lipinski definition) is 3. The zero-order valence-corrected chi connectivity index (χ0v) is 27.3. The van der Waals surface area contributed by atoms with E-state index >= 15 is 17.6 Å². The van der Waals surface area contributed by atoms with E-state index in [1.807, 2.05) is 0 Å². The first kappa shape index (κ1) is 35.1. The van der Waals surface area contributed by atoms with E-state index in [0.717, 1.165) is 0 Å². The fourth-order valence-electron chi connectivity index (χ4n) is 6.47. The molecule has 0 atom stereocenters. The second-order valence-corrected chi connectivity index (χ2v) is 12.1. The van der Waals surface area contributed by atoms with Crippen LogP contribution in [0.1, 0.15) is 11.4 Å². The summed E-state index contributed by atoms with van der Waals surface area (Å²) >= 11 is 0. The Balaban J connectivity index is 1.57. The van der Waals surface area contributed by atoms with Crippen molar-refractivity contribution in [1.82, 2.24) is 19.9 Å². The number of aromatic amines is 3. The summed E-state index contributed by atoms with van der Waals surface area (Å²) < 4.78 is 155. The van der Waals surface area contributed by atoms with Crippen molar-refractivity contribution in [2.45, 2.75) is 0 Å². The standard InChI is InChI=1S/C40H18F10N4O/c1-2-15-55-17-5-3-16(4-6-17)26-20-11-13-24(53-20)27(29-31(41)35(45)39(49)36(46)32(29)42)22-9-7-18(51-22)19-8-10-23(52-19)28(25-14-12-21(26)54-25)30-33(43)37(47)40(50)38(48)34(30)44/h1,3-14,51-53H,15H2. The molecule has 0 aliphatic carbocycles. The van der Waals surface area contributed by atoms with Gasteiger partial charge in [0.2, 0.25) is 11.6 Å². The molecule has 0 saturated carbocycles. The Bertz CT molecular complexity index is 2900. The molecule has 55 heavy (non-hydrogen) atoms. The minimum absolute atomic E-state index is 0.0583. The quantitative estimate of drug-likeness (QED) is 0.0708. The maximum absolute atomic E-state index is 15.5. The van der Waals surface area contributed by atoms with E-state index < -0.39 is 80.4 Å². The maximum atomic E-state index is 15.5. The highest BCUT2D eigenvalue weighted by Gasteiger charge is 2.31. The minimum Gasteiger partial charge on any atom is -0.481 e. The third-order valence-corrected chi connectivity index (χ3v) is 8.96. The molecule has 7 aromatic rings. The first-order chi connectivity index (χ1) is 26.4. The van der Waals surface area contributed by atoms with Crippen LogP contribution in [-0.2, 0) is 0 Å². The van der Waals surface area contributed by atoms with Crippen molar-refractivity contribution in [3.8, 4) is 51.5 Å². The number of rotatable bonds is 5. The van der Waals surface area contributed by atoms with Crippen LogP contribution in [0.5, 0.6) is 5.75 Å². The lowest BCUT2D eigenvalue weighted by molar-refractivity contribution is 0.370. The number of terminal acetylenes is 1. The van der Waals surface area contributed by atoms with Crippen LogP contribution in [0.15, 0.2) is 60.7 Å². The summed E-state index contributed by atoms with van der Waals surface area (Å²) in [4.78, 5) is 13.3. The Labute approximate surface area is 301 Å². The van der Waals surface area contributed by atoms with Crippen LogP contribution in [0, 0.1) is 70.5 Å². The van der Waals surface area contributed by atoms with Gasteiger partial charge >= 0.3 is 0 Å². The van der Waals surface area contributed by atoms with Crippen molar-refractivity contribution in [1.29, 1.82) is 0 Å². The lowest BCUT2D eigenvalue weighted by Gasteiger charge is -2.10. The minimum atomic E-state index is -2.37. The number of halogens is 10. The average molecular weight is 761 g/mol. The molecule has 0 unspecified atom stereocenters. The second-order valence-electron chi connectivity index (χ2n) is 12.1. The predicted molar refractivity (Wildman–Crippen MR) is 185 cm³/mol. The number of aromatic nitrogens is 4. The fourth-order valence-corrected chi connectivity index (χ4v) is 6.47. The molecule has 8 rings (SSSR count). The normalized spacial score (nSPS) is 11.8. The molecule has 3 aromatic carbocycles. The Hall–Kier alpha value is -6.95.